The minimum absolute atomic E-state index is 0.0470. The molecule has 1 saturated carbocycles. The number of methoxy groups -OCH3 is 1. The molecule has 7 nitrogen and oxygen atoms in total. The Kier molecular flexibility index (Phi) is 5.93. The van der Waals surface area contributed by atoms with Crippen LogP contribution in [0.1, 0.15) is 31.2 Å². The summed E-state index contributed by atoms with van der Waals surface area (Å²) in [5, 5.41) is 21.6. The van der Waals surface area contributed by atoms with Gasteiger partial charge in [-0.2, -0.15) is 5.26 Å². The molecule has 0 amide bonds. The first-order valence-corrected chi connectivity index (χ1v) is 11.5. The minimum atomic E-state index is -0.308. The largest absolute Gasteiger partial charge is 0.497 e. The molecule has 1 aliphatic carbocycles. The zero-order valence-electron chi connectivity index (χ0n) is 18.6. The van der Waals surface area contributed by atoms with Crippen LogP contribution in [0.15, 0.2) is 54.7 Å². The van der Waals surface area contributed by atoms with Crippen molar-refractivity contribution in [2.75, 3.05) is 7.11 Å². The third-order valence-corrected chi connectivity index (χ3v) is 6.90. The van der Waals surface area contributed by atoms with Gasteiger partial charge in [-0.1, -0.05) is 17.3 Å². The lowest BCUT2D eigenvalue weighted by molar-refractivity contribution is -0.122. The van der Waals surface area contributed by atoms with E-state index in [-0.39, 0.29) is 17.7 Å². The summed E-state index contributed by atoms with van der Waals surface area (Å²) in [6, 6.07) is 18.4. The third-order valence-electron chi connectivity index (χ3n) is 6.90. The molecule has 2 aromatic carbocycles. The Hall–Kier alpha value is -3.50. The number of hydrogen-bond donors (Lipinski definition) is 1. The van der Waals surface area contributed by atoms with Gasteiger partial charge in [-0.05, 0) is 73.6 Å². The van der Waals surface area contributed by atoms with E-state index < -0.39 is 0 Å². The van der Waals surface area contributed by atoms with Crippen molar-refractivity contribution >= 4 is 5.78 Å². The van der Waals surface area contributed by atoms with Gasteiger partial charge < -0.3 is 10.1 Å². The molecule has 1 aliphatic heterocycles. The Morgan fingerprint density at radius 1 is 1.21 bits per heavy atom. The smallest absolute Gasteiger partial charge is 0.151 e. The number of fused-ring (bicyclic) bond motifs is 2. The summed E-state index contributed by atoms with van der Waals surface area (Å²) in [6.45, 7) is 0. The molecule has 33 heavy (non-hydrogen) atoms. The Balaban J connectivity index is 1.21. The van der Waals surface area contributed by atoms with Crippen LogP contribution in [0.25, 0.3) is 16.9 Å². The van der Waals surface area contributed by atoms with E-state index in [0.29, 0.717) is 24.8 Å². The zero-order chi connectivity index (χ0) is 22.8. The molecule has 4 atom stereocenters. The first-order chi connectivity index (χ1) is 16.1. The third kappa shape index (κ3) is 4.53. The molecule has 2 aliphatic rings. The van der Waals surface area contributed by atoms with E-state index in [4.69, 9.17) is 4.74 Å². The van der Waals surface area contributed by atoms with Crippen molar-refractivity contribution in [3.05, 3.63) is 60.3 Å². The summed E-state index contributed by atoms with van der Waals surface area (Å²) < 4.78 is 6.93. The Morgan fingerprint density at radius 2 is 2.00 bits per heavy atom. The van der Waals surface area contributed by atoms with Gasteiger partial charge in [-0.25, -0.2) is 4.68 Å². The molecular formula is C26H27N5O2. The van der Waals surface area contributed by atoms with E-state index >= 15 is 0 Å². The average molecular weight is 442 g/mol. The van der Waals surface area contributed by atoms with E-state index in [0.717, 1.165) is 41.1 Å². The van der Waals surface area contributed by atoms with Gasteiger partial charge in [0, 0.05) is 18.0 Å². The monoisotopic (exact) mass is 441 g/mol. The molecule has 2 bridgehead atoms. The van der Waals surface area contributed by atoms with E-state index in [2.05, 4.69) is 21.7 Å². The standard InChI is InChI=1S/C26H27N5O2/c1-33-23-10-5-19(6-11-23)24-16-31(30-29-24)22-8-2-17(3-9-22)12-18(15-27)13-25(32)26-20-4-7-21(14-20)28-26/h2-3,5-6,8-11,16,18,20-21,26,28H,4,7,12-14H2,1H3/t18-,20+,21-,26+/m1/s1. The van der Waals surface area contributed by atoms with Gasteiger partial charge in [0.25, 0.3) is 0 Å². The number of carbonyl (C=O) groups excluding carboxylic acids is 1. The highest BCUT2D eigenvalue weighted by atomic mass is 16.5. The van der Waals surface area contributed by atoms with Gasteiger partial charge in [0.1, 0.15) is 11.4 Å². The number of Topliss-reactive ketones (excluding diaryl/α,β-unsaturated/α-hetero) is 1. The number of ketones is 1. The van der Waals surface area contributed by atoms with Crippen molar-refractivity contribution in [3.63, 3.8) is 0 Å². The number of piperidine rings is 1. The van der Waals surface area contributed by atoms with Gasteiger partial charge in [-0.3, -0.25) is 4.79 Å². The topological polar surface area (TPSA) is 92.8 Å². The van der Waals surface area contributed by atoms with Crippen molar-refractivity contribution in [2.24, 2.45) is 11.8 Å². The Bertz CT molecular complexity index is 1160. The second-order valence-electron chi connectivity index (χ2n) is 9.06. The fourth-order valence-electron chi connectivity index (χ4n) is 5.10. The number of hydrogen-bond acceptors (Lipinski definition) is 6. The number of rotatable bonds is 8. The Labute approximate surface area is 193 Å². The molecule has 1 aromatic heterocycles. The molecule has 1 saturated heterocycles. The molecule has 5 rings (SSSR count). The first kappa shape index (κ1) is 21.4. The van der Waals surface area contributed by atoms with Crippen molar-refractivity contribution in [1.29, 1.82) is 5.26 Å². The molecule has 2 heterocycles. The average Bonchev–Trinajstić information content (AvgIpc) is 3.62. The fraction of sp³-hybridized carbons (Fsp3) is 0.385. The van der Waals surface area contributed by atoms with Crippen molar-refractivity contribution in [1.82, 2.24) is 20.3 Å². The molecule has 2 fully saturated rings. The van der Waals surface area contributed by atoms with Crippen LogP contribution >= 0.6 is 0 Å². The van der Waals surface area contributed by atoms with Crippen molar-refractivity contribution in [3.8, 4) is 28.8 Å². The summed E-state index contributed by atoms with van der Waals surface area (Å²) in [5.74, 6) is 1.15. The van der Waals surface area contributed by atoms with Crippen LogP contribution in [0.3, 0.4) is 0 Å². The van der Waals surface area contributed by atoms with E-state index in [1.807, 2.05) is 54.7 Å². The highest BCUT2D eigenvalue weighted by Gasteiger charge is 2.42. The summed E-state index contributed by atoms with van der Waals surface area (Å²) in [5.41, 5.74) is 3.67. The Morgan fingerprint density at radius 3 is 2.64 bits per heavy atom. The van der Waals surface area contributed by atoms with Gasteiger partial charge in [-0.15, -0.1) is 5.10 Å². The maximum absolute atomic E-state index is 12.7. The highest BCUT2D eigenvalue weighted by molar-refractivity contribution is 5.85. The fourth-order valence-corrected chi connectivity index (χ4v) is 5.10. The lowest BCUT2D eigenvalue weighted by Crippen LogP contribution is -2.42. The van der Waals surface area contributed by atoms with E-state index in [9.17, 15) is 10.1 Å². The molecule has 0 spiro atoms. The van der Waals surface area contributed by atoms with Crippen LogP contribution in [-0.2, 0) is 11.2 Å². The second kappa shape index (κ2) is 9.16. The highest BCUT2D eigenvalue weighted by Crippen LogP contribution is 2.36. The number of nitriles is 1. The van der Waals surface area contributed by atoms with E-state index in [1.165, 1.54) is 6.42 Å². The summed E-state index contributed by atoms with van der Waals surface area (Å²) in [6.07, 6.45) is 6.18. The van der Waals surface area contributed by atoms with Crippen LogP contribution in [0.2, 0.25) is 0 Å². The molecule has 0 unspecified atom stereocenters. The molecule has 168 valence electrons. The lowest BCUT2D eigenvalue weighted by atomic mass is 9.88. The second-order valence-corrected chi connectivity index (χ2v) is 9.06. The molecule has 7 heteroatoms. The summed E-state index contributed by atoms with van der Waals surface area (Å²) >= 11 is 0. The molecule has 0 radical (unpaired) electrons. The number of nitrogens with zero attached hydrogens (tertiary/aromatic N) is 4. The van der Waals surface area contributed by atoms with Crippen LogP contribution in [-0.4, -0.2) is 40.0 Å². The maximum atomic E-state index is 12.7. The minimum Gasteiger partial charge on any atom is -0.497 e. The van der Waals surface area contributed by atoms with Gasteiger partial charge in [0.2, 0.25) is 0 Å². The molecule has 1 N–H and O–H groups in total. The molecular weight excluding hydrogens is 414 g/mol. The van der Waals surface area contributed by atoms with Crippen LogP contribution in [0, 0.1) is 23.2 Å². The van der Waals surface area contributed by atoms with Gasteiger partial charge in [0.15, 0.2) is 5.78 Å². The predicted molar refractivity (Wildman–Crippen MR) is 124 cm³/mol. The quantitative estimate of drug-likeness (QED) is 0.573. The molecule has 3 aromatic rings. The number of carbonyl (C=O) groups is 1. The summed E-state index contributed by atoms with van der Waals surface area (Å²) in [4.78, 5) is 12.7. The van der Waals surface area contributed by atoms with E-state index in [1.54, 1.807) is 11.8 Å². The van der Waals surface area contributed by atoms with Crippen LogP contribution in [0.4, 0.5) is 0 Å². The summed E-state index contributed by atoms with van der Waals surface area (Å²) in [7, 11) is 1.64. The lowest BCUT2D eigenvalue weighted by Gasteiger charge is -2.22. The zero-order valence-corrected chi connectivity index (χ0v) is 18.6. The van der Waals surface area contributed by atoms with Crippen molar-refractivity contribution in [2.45, 2.75) is 44.2 Å². The van der Waals surface area contributed by atoms with Gasteiger partial charge in [0.05, 0.1) is 37.0 Å². The SMILES string of the molecule is COc1ccc(-c2cn(-c3ccc(C[C@@H](C#N)CC(=O)[C@H]4N[C@@H]5CC[C@H]4C5)cc3)nn2)cc1. The number of nitrogens with one attached hydrogen (secondary N) is 1. The first-order valence-electron chi connectivity index (χ1n) is 11.5. The number of ether oxygens (including phenoxy) is 1. The van der Waals surface area contributed by atoms with Gasteiger partial charge >= 0.3 is 0 Å². The van der Waals surface area contributed by atoms with Crippen LogP contribution in [0.5, 0.6) is 5.75 Å². The number of aromatic nitrogens is 3. The number of benzene rings is 2. The maximum Gasteiger partial charge on any atom is 0.151 e. The normalized spacial score (nSPS) is 22.1. The predicted octanol–water partition coefficient (Wildman–Crippen LogP) is 3.72. The van der Waals surface area contributed by atoms with Crippen LogP contribution < -0.4 is 10.1 Å². The van der Waals surface area contributed by atoms with Crippen molar-refractivity contribution < 1.29 is 9.53 Å².